The third kappa shape index (κ3) is 2.43. The van der Waals surface area contributed by atoms with E-state index in [0.717, 1.165) is 11.4 Å². The van der Waals surface area contributed by atoms with Gasteiger partial charge in [-0.15, -0.1) is 0 Å². The van der Waals surface area contributed by atoms with Crippen molar-refractivity contribution in [1.29, 1.82) is 5.26 Å². The van der Waals surface area contributed by atoms with Crippen molar-refractivity contribution >= 4 is 5.69 Å². The summed E-state index contributed by atoms with van der Waals surface area (Å²) in [6.07, 6.45) is 0. The highest BCUT2D eigenvalue weighted by Crippen LogP contribution is 2.21. The summed E-state index contributed by atoms with van der Waals surface area (Å²) in [6, 6.07) is 9.03. The predicted octanol–water partition coefficient (Wildman–Crippen LogP) is 1.76. The van der Waals surface area contributed by atoms with Gasteiger partial charge in [-0.05, 0) is 31.2 Å². The second-order valence-electron chi connectivity index (χ2n) is 4.06. The van der Waals surface area contributed by atoms with Crippen LogP contribution in [0.15, 0.2) is 24.3 Å². The van der Waals surface area contributed by atoms with Crippen LogP contribution in [0.2, 0.25) is 0 Å². The number of rotatable bonds is 3. The molecule has 18 heavy (non-hydrogen) atoms. The van der Waals surface area contributed by atoms with Gasteiger partial charge in [0.2, 0.25) is 0 Å². The van der Waals surface area contributed by atoms with Crippen LogP contribution in [0.25, 0.3) is 0 Å². The normalized spacial score (nSPS) is 10.1. The largest absolute Gasteiger partial charge is 0.486 e. The Bertz CT molecular complexity index is 610. The van der Waals surface area contributed by atoms with Crippen LogP contribution < -0.4 is 10.5 Å². The Morgan fingerprint density at radius 1 is 1.44 bits per heavy atom. The van der Waals surface area contributed by atoms with Crippen LogP contribution in [0.3, 0.4) is 0 Å². The maximum Gasteiger partial charge on any atom is 0.137 e. The molecule has 92 valence electrons. The molecule has 0 spiro atoms. The zero-order valence-corrected chi connectivity index (χ0v) is 10.3. The van der Waals surface area contributed by atoms with E-state index in [1.807, 2.05) is 20.0 Å². The maximum absolute atomic E-state index is 9.00. The number of nitrogen functional groups attached to an aromatic ring is 1. The number of hydrogen-bond donors (Lipinski definition) is 1. The first-order valence-electron chi connectivity index (χ1n) is 5.52. The fourth-order valence-corrected chi connectivity index (χ4v) is 1.71. The van der Waals surface area contributed by atoms with Crippen molar-refractivity contribution in [3.05, 3.63) is 41.2 Å². The van der Waals surface area contributed by atoms with Gasteiger partial charge in [0.15, 0.2) is 0 Å². The van der Waals surface area contributed by atoms with Crippen LogP contribution in [-0.2, 0) is 13.7 Å². The Morgan fingerprint density at radius 2 is 2.22 bits per heavy atom. The summed E-state index contributed by atoms with van der Waals surface area (Å²) < 4.78 is 7.39. The Morgan fingerprint density at radius 3 is 2.83 bits per heavy atom. The molecule has 5 heteroatoms. The van der Waals surface area contributed by atoms with Crippen molar-refractivity contribution < 1.29 is 4.74 Å². The number of aryl methyl sites for hydroxylation is 2. The summed E-state index contributed by atoms with van der Waals surface area (Å²) in [5.41, 5.74) is 8.50. The lowest BCUT2D eigenvalue weighted by atomic mass is 10.2. The van der Waals surface area contributed by atoms with E-state index in [-0.39, 0.29) is 0 Å². The Labute approximate surface area is 105 Å². The van der Waals surface area contributed by atoms with Gasteiger partial charge in [-0.3, -0.25) is 4.68 Å². The summed E-state index contributed by atoms with van der Waals surface area (Å²) in [7, 11) is 1.86. The quantitative estimate of drug-likeness (QED) is 0.832. The molecule has 2 N–H and O–H groups in total. The molecule has 5 nitrogen and oxygen atoms in total. The molecule has 1 aromatic heterocycles. The highest BCUT2D eigenvalue weighted by atomic mass is 16.5. The molecular formula is C13H14N4O. The third-order valence-corrected chi connectivity index (χ3v) is 2.60. The van der Waals surface area contributed by atoms with Crippen LogP contribution >= 0.6 is 0 Å². The van der Waals surface area contributed by atoms with E-state index in [1.165, 1.54) is 0 Å². The molecule has 0 aliphatic carbocycles. The number of nitrogens with zero attached hydrogens (tertiary/aromatic N) is 3. The molecule has 0 unspecified atom stereocenters. The fraction of sp³-hybridized carbons (Fsp3) is 0.231. The minimum absolute atomic E-state index is 0.371. The minimum atomic E-state index is 0.371. The second kappa shape index (κ2) is 4.80. The van der Waals surface area contributed by atoms with Gasteiger partial charge in [0, 0.05) is 12.7 Å². The lowest BCUT2D eigenvalue weighted by Crippen LogP contribution is -2.04. The first-order chi connectivity index (χ1) is 8.60. The standard InChI is InChI=1S/C13H14N4O/c1-9-5-12(17(2)16-9)8-18-13-4-3-11(15)6-10(13)7-14/h3-6H,8,15H2,1-2H3. The van der Waals surface area contributed by atoms with Crippen LogP contribution in [0, 0.1) is 18.3 Å². The van der Waals surface area contributed by atoms with Crippen molar-refractivity contribution in [3.8, 4) is 11.8 Å². The summed E-state index contributed by atoms with van der Waals surface area (Å²) in [4.78, 5) is 0. The first-order valence-corrected chi connectivity index (χ1v) is 5.52. The zero-order valence-electron chi connectivity index (χ0n) is 10.3. The number of nitriles is 1. The smallest absolute Gasteiger partial charge is 0.137 e. The monoisotopic (exact) mass is 242 g/mol. The summed E-state index contributed by atoms with van der Waals surface area (Å²) in [5.74, 6) is 0.533. The average molecular weight is 242 g/mol. The molecule has 0 fully saturated rings. The third-order valence-electron chi connectivity index (χ3n) is 2.60. The van der Waals surface area contributed by atoms with Crippen LogP contribution in [0.5, 0.6) is 5.75 Å². The average Bonchev–Trinajstić information content (AvgIpc) is 2.66. The SMILES string of the molecule is Cc1cc(COc2ccc(N)cc2C#N)n(C)n1. The van der Waals surface area contributed by atoms with E-state index in [0.29, 0.717) is 23.6 Å². The van der Waals surface area contributed by atoms with Gasteiger partial charge < -0.3 is 10.5 Å². The molecular weight excluding hydrogens is 228 g/mol. The highest BCUT2D eigenvalue weighted by Gasteiger charge is 2.06. The molecule has 2 aromatic rings. The van der Waals surface area contributed by atoms with Crippen molar-refractivity contribution in [2.45, 2.75) is 13.5 Å². The zero-order chi connectivity index (χ0) is 13.1. The maximum atomic E-state index is 9.00. The summed E-state index contributed by atoms with van der Waals surface area (Å²) >= 11 is 0. The van der Waals surface area contributed by atoms with E-state index in [2.05, 4.69) is 11.2 Å². The van der Waals surface area contributed by atoms with Gasteiger partial charge >= 0.3 is 0 Å². The van der Waals surface area contributed by atoms with Gasteiger partial charge in [-0.25, -0.2) is 0 Å². The van der Waals surface area contributed by atoms with E-state index in [4.69, 9.17) is 15.7 Å². The van der Waals surface area contributed by atoms with Gasteiger partial charge in [0.1, 0.15) is 18.4 Å². The summed E-state index contributed by atoms with van der Waals surface area (Å²) in [5, 5.41) is 13.2. The number of hydrogen-bond acceptors (Lipinski definition) is 4. The van der Waals surface area contributed by atoms with Crippen molar-refractivity contribution in [2.75, 3.05) is 5.73 Å². The molecule has 0 atom stereocenters. The summed E-state index contributed by atoms with van der Waals surface area (Å²) in [6.45, 7) is 2.30. The van der Waals surface area contributed by atoms with Crippen molar-refractivity contribution in [2.24, 2.45) is 7.05 Å². The predicted molar refractivity (Wildman–Crippen MR) is 67.8 cm³/mol. The highest BCUT2D eigenvalue weighted by molar-refractivity contribution is 5.53. The van der Waals surface area contributed by atoms with Crippen LogP contribution in [0.4, 0.5) is 5.69 Å². The number of anilines is 1. The lowest BCUT2D eigenvalue weighted by molar-refractivity contribution is 0.294. The molecule has 0 bridgehead atoms. The topological polar surface area (TPSA) is 76.9 Å². The molecule has 0 aliphatic rings. The molecule has 2 rings (SSSR count). The molecule has 0 saturated heterocycles. The number of ether oxygens (including phenoxy) is 1. The molecule has 1 aromatic carbocycles. The molecule has 1 heterocycles. The van der Waals surface area contributed by atoms with Gasteiger partial charge in [0.25, 0.3) is 0 Å². The Balaban J connectivity index is 2.16. The number of benzene rings is 1. The number of nitrogens with two attached hydrogens (primary N) is 1. The van der Waals surface area contributed by atoms with Crippen molar-refractivity contribution in [1.82, 2.24) is 9.78 Å². The molecule has 0 radical (unpaired) electrons. The second-order valence-corrected chi connectivity index (χ2v) is 4.06. The van der Waals surface area contributed by atoms with Gasteiger partial charge in [0.05, 0.1) is 17.0 Å². The minimum Gasteiger partial charge on any atom is -0.486 e. The van der Waals surface area contributed by atoms with Gasteiger partial charge in [-0.2, -0.15) is 10.4 Å². The van der Waals surface area contributed by atoms with Crippen LogP contribution in [-0.4, -0.2) is 9.78 Å². The number of aromatic nitrogens is 2. The Hall–Kier alpha value is -2.48. The van der Waals surface area contributed by atoms with E-state index < -0.39 is 0 Å². The first kappa shape index (κ1) is 12.0. The van der Waals surface area contributed by atoms with Crippen LogP contribution in [0.1, 0.15) is 17.0 Å². The molecule has 0 saturated carbocycles. The Kier molecular flexibility index (Phi) is 3.20. The fourth-order valence-electron chi connectivity index (χ4n) is 1.71. The van der Waals surface area contributed by atoms with E-state index >= 15 is 0 Å². The van der Waals surface area contributed by atoms with E-state index in [1.54, 1.807) is 22.9 Å². The molecule has 0 amide bonds. The molecule has 0 aliphatic heterocycles. The lowest BCUT2D eigenvalue weighted by Gasteiger charge is -2.08. The van der Waals surface area contributed by atoms with Crippen molar-refractivity contribution in [3.63, 3.8) is 0 Å². The van der Waals surface area contributed by atoms with Gasteiger partial charge in [-0.1, -0.05) is 0 Å². The van der Waals surface area contributed by atoms with E-state index in [9.17, 15) is 0 Å².